The number of unbranched alkanes of at least 4 members (excludes halogenated alkanes) is 9. The van der Waals surface area contributed by atoms with Crippen LogP contribution in [0.2, 0.25) is 0 Å². The fraction of sp³-hybridized carbons (Fsp3) is 0.750. The molecule has 0 saturated carbocycles. The van der Waals surface area contributed by atoms with E-state index in [0.29, 0.717) is 19.6 Å². The number of benzene rings is 1. The molecule has 0 saturated heterocycles. The topological polar surface area (TPSA) is 107 Å². The van der Waals surface area contributed by atoms with Crippen LogP contribution in [0.3, 0.4) is 0 Å². The van der Waals surface area contributed by atoms with Crippen molar-refractivity contribution in [3.63, 3.8) is 0 Å². The summed E-state index contributed by atoms with van der Waals surface area (Å²) in [4.78, 5) is 2.03. The van der Waals surface area contributed by atoms with Crippen LogP contribution in [0.15, 0.2) is 35.2 Å². The first kappa shape index (κ1) is 35.4. The van der Waals surface area contributed by atoms with Gasteiger partial charge in [0.25, 0.3) is 10.1 Å². The number of hydrogen-bond acceptors (Lipinski definition) is 7. The summed E-state index contributed by atoms with van der Waals surface area (Å²) >= 11 is 0. The molecule has 0 aliphatic heterocycles. The fourth-order valence-corrected chi connectivity index (χ4v) is 4.14. The molecule has 0 unspecified atom stereocenters. The summed E-state index contributed by atoms with van der Waals surface area (Å²) in [7, 11) is -3.57. The van der Waals surface area contributed by atoms with Crippen LogP contribution in [-0.2, 0) is 14.3 Å². The number of aliphatic hydroxyl groups excluding tert-OH is 3. The van der Waals surface area contributed by atoms with Crippen LogP contribution in [-0.4, -0.2) is 112 Å². The summed E-state index contributed by atoms with van der Waals surface area (Å²) in [5, 5.41) is 25.5. The number of nitrogens with zero attached hydrogens (tertiary/aromatic N) is 1. The average Bonchev–Trinajstić information content (AvgIpc) is 2.79. The molecular weight excluding hydrogens is 470 g/mol. The monoisotopic (exact) mass is 517 g/mol. The normalized spacial score (nSPS) is 11.1. The molecule has 0 atom stereocenters. The van der Waals surface area contributed by atoms with Gasteiger partial charge in [0.2, 0.25) is 0 Å². The Morgan fingerprint density at radius 3 is 1.61 bits per heavy atom. The van der Waals surface area contributed by atoms with Gasteiger partial charge in [-0.15, -0.1) is 0 Å². The Morgan fingerprint density at radius 1 is 0.758 bits per heavy atom. The zero-order valence-corrected chi connectivity index (χ0v) is 23.6. The molecule has 1 rings (SSSR count). The van der Waals surface area contributed by atoms with Gasteiger partial charge in [-0.3, -0.25) is 9.08 Å². The van der Waals surface area contributed by atoms with Crippen molar-refractivity contribution in [2.24, 2.45) is 0 Å². The standard InChI is InChI=1S/C18H30O3S.C6H15NO3.Ca.2H/c1-2-3-4-5-6-7-8-9-10-14-17-21-22(19,20)18-15-12-11-13-16-18;8-4-1-7(2-5-9)3-6-10;;;/h11-13,15-16H,2-10,14,17H2,1H3;8-10H,1-6H2;;;/q;;+2;2*-1. The third kappa shape index (κ3) is 21.2. The van der Waals surface area contributed by atoms with E-state index < -0.39 is 10.1 Å². The van der Waals surface area contributed by atoms with Gasteiger partial charge in [-0.1, -0.05) is 82.9 Å². The number of rotatable bonds is 19. The van der Waals surface area contributed by atoms with E-state index in [1.54, 1.807) is 35.2 Å². The average molecular weight is 518 g/mol. The summed E-state index contributed by atoms with van der Waals surface area (Å²) in [6.07, 6.45) is 12.3. The number of hydrogen-bond donors (Lipinski definition) is 3. The minimum atomic E-state index is -3.57. The molecule has 192 valence electrons. The summed E-state index contributed by atoms with van der Waals surface area (Å²) in [6, 6.07) is 8.33. The van der Waals surface area contributed by atoms with Gasteiger partial charge >= 0.3 is 37.7 Å². The fourth-order valence-electron chi connectivity index (χ4n) is 3.17. The van der Waals surface area contributed by atoms with Gasteiger partial charge in [0.15, 0.2) is 0 Å². The van der Waals surface area contributed by atoms with Gasteiger partial charge in [-0.25, -0.2) is 0 Å². The second-order valence-electron chi connectivity index (χ2n) is 7.78. The molecule has 1 aromatic rings. The maximum absolute atomic E-state index is 11.9. The van der Waals surface area contributed by atoms with Gasteiger partial charge in [0.1, 0.15) is 0 Å². The molecule has 33 heavy (non-hydrogen) atoms. The van der Waals surface area contributed by atoms with Crippen LogP contribution in [0.5, 0.6) is 0 Å². The van der Waals surface area contributed by atoms with Gasteiger partial charge in [0.05, 0.1) is 31.3 Å². The van der Waals surface area contributed by atoms with Crippen LogP contribution in [0, 0.1) is 0 Å². The molecule has 0 bridgehead atoms. The second kappa shape index (κ2) is 25.3. The van der Waals surface area contributed by atoms with Crippen LogP contribution in [0.4, 0.5) is 0 Å². The molecule has 0 radical (unpaired) electrons. The molecule has 1 aromatic carbocycles. The van der Waals surface area contributed by atoms with E-state index in [2.05, 4.69) is 6.92 Å². The van der Waals surface area contributed by atoms with Crippen molar-refractivity contribution in [2.45, 2.75) is 76.0 Å². The first-order valence-electron chi connectivity index (χ1n) is 12.0. The van der Waals surface area contributed by atoms with E-state index in [-0.39, 0.29) is 71.9 Å². The summed E-state index contributed by atoms with van der Waals surface area (Å²) < 4.78 is 28.8. The Hall–Kier alpha value is 0.230. The van der Waals surface area contributed by atoms with Crippen LogP contribution >= 0.6 is 0 Å². The summed E-state index contributed by atoms with van der Waals surface area (Å²) in [5.41, 5.74) is 0. The minimum Gasteiger partial charge on any atom is -1.00 e. The van der Waals surface area contributed by atoms with E-state index in [9.17, 15) is 8.42 Å². The molecule has 3 N–H and O–H groups in total. The van der Waals surface area contributed by atoms with Gasteiger partial charge in [-0.05, 0) is 18.6 Å². The molecule has 0 aromatic heterocycles. The Labute approximate surface area is 234 Å². The van der Waals surface area contributed by atoms with E-state index in [1.165, 1.54) is 51.4 Å². The third-order valence-electron chi connectivity index (χ3n) is 5.02. The Morgan fingerprint density at radius 2 is 1.18 bits per heavy atom. The Balaban J connectivity index is -0.000000318. The van der Waals surface area contributed by atoms with Gasteiger partial charge in [-0.2, -0.15) is 8.42 Å². The van der Waals surface area contributed by atoms with Crippen molar-refractivity contribution >= 4 is 47.9 Å². The summed E-state index contributed by atoms with van der Waals surface area (Å²) in [5.74, 6) is 0. The van der Waals surface area contributed by atoms with Crippen molar-refractivity contribution in [1.29, 1.82) is 0 Å². The SMILES string of the molecule is CCCCCCCCCCCCOS(=O)(=O)c1ccccc1.OCCN(CCO)CCO.[Ca+2].[H-].[H-]. The van der Waals surface area contributed by atoms with Crippen LogP contribution in [0.25, 0.3) is 0 Å². The summed E-state index contributed by atoms with van der Waals surface area (Å²) in [6.45, 7) is 4.27. The first-order valence-corrected chi connectivity index (χ1v) is 13.4. The van der Waals surface area contributed by atoms with Crippen molar-refractivity contribution in [2.75, 3.05) is 46.1 Å². The maximum Gasteiger partial charge on any atom is 2.00 e. The van der Waals surface area contributed by atoms with Crippen LogP contribution in [0.1, 0.15) is 74.0 Å². The molecule has 0 spiro atoms. The predicted octanol–water partition coefficient (Wildman–Crippen LogP) is 3.42. The van der Waals surface area contributed by atoms with Gasteiger partial charge < -0.3 is 18.2 Å². The molecule has 0 aliphatic rings. The van der Waals surface area contributed by atoms with Crippen molar-refractivity contribution < 1.29 is 30.8 Å². The molecule has 0 heterocycles. The van der Waals surface area contributed by atoms with E-state index in [1.807, 2.05) is 0 Å². The maximum atomic E-state index is 11.9. The predicted molar refractivity (Wildman–Crippen MR) is 137 cm³/mol. The van der Waals surface area contributed by atoms with Crippen molar-refractivity contribution in [3.05, 3.63) is 30.3 Å². The van der Waals surface area contributed by atoms with Crippen molar-refractivity contribution in [1.82, 2.24) is 4.90 Å². The second-order valence-corrected chi connectivity index (χ2v) is 9.40. The van der Waals surface area contributed by atoms with Crippen LogP contribution < -0.4 is 0 Å². The minimum absolute atomic E-state index is 0. The largest absolute Gasteiger partial charge is 2.00 e. The molecule has 0 fully saturated rings. The van der Waals surface area contributed by atoms with E-state index in [0.717, 1.165) is 12.8 Å². The smallest absolute Gasteiger partial charge is 1.00 e. The number of aliphatic hydroxyl groups is 3. The zero-order chi connectivity index (χ0) is 23.9. The molecule has 7 nitrogen and oxygen atoms in total. The Kier molecular flexibility index (Phi) is 27.2. The quantitative estimate of drug-likeness (QED) is 0.147. The third-order valence-corrected chi connectivity index (χ3v) is 6.34. The Bertz CT molecular complexity index is 615. The van der Waals surface area contributed by atoms with Gasteiger partial charge in [0, 0.05) is 19.6 Å². The van der Waals surface area contributed by atoms with Crippen molar-refractivity contribution in [3.8, 4) is 0 Å². The first-order chi connectivity index (χ1) is 15.5. The van der Waals surface area contributed by atoms with E-state index >= 15 is 0 Å². The molecule has 0 amide bonds. The zero-order valence-electron chi connectivity index (χ0n) is 22.5. The molecule has 9 heteroatoms. The van der Waals surface area contributed by atoms with E-state index in [4.69, 9.17) is 19.5 Å². The molecular formula is C24H47CaNO6S. The molecule has 0 aliphatic carbocycles.